The van der Waals surface area contributed by atoms with Crippen LogP contribution < -0.4 is 4.74 Å². The Kier molecular flexibility index (Phi) is 6.08. The second kappa shape index (κ2) is 8.48. The third kappa shape index (κ3) is 4.14. The van der Waals surface area contributed by atoms with Gasteiger partial charge in [-0.1, -0.05) is 30.4 Å². The van der Waals surface area contributed by atoms with Crippen LogP contribution in [-0.2, 0) is 0 Å². The van der Waals surface area contributed by atoms with Crippen molar-refractivity contribution in [3.63, 3.8) is 0 Å². The molecule has 2 aromatic rings. The molecule has 1 aliphatic carbocycles. The summed E-state index contributed by atoms with van der Waals surface area (Å²) < 4.78 is 34.0. The number of halogens is 2. The summed E-state index contributed by atoms with van der Waals surface area (Å²) in [6, 6.07) is 10.00. The number of allylic oxidation sites excluding steroid dienone is 2. The average Bonchev–Trinajstić information content (AvgIpc) is 2.64. The smallest absolute Gasteiger partial charge is 0.165 e. The van der Waals surface area contributed by atoms with Gasteiger partial charge in [-0.15, -0.1) is 0 Å². The molecule has 2 aromatic carbocycles. The minimum Gasteiger partial charge on any atom is -0.491 e. The van der Waals surface area contributed by atoms with Crippen molar-refractivity contribution in [1.82, 2.24) is 0 Å². The summed E-state index contributed by atoms with van der Waals surface area (Å²) >= 11 is 0. The molecule has 0 amide bonds. The van der Waals surface area contributed by atoms with Crippen LogP contribution in [0.1, 0.15) is 51.0 Å². The first kappa shape index (κ1) is 18.6. The zero-order valence-corrected chi connectivity index (χ0v) is 15.5. The number of ether oxygens (including phenoxy) is 1. The van der Waals surface area contributed by atoms with Crippen LogP contribution in [0.15, 0.2) is 48.6 Å². The monoisotopic (exact) mass is 356 g/mol. The van der Waals surface area contributed by atoms with Crippen molar-refractivity contribution >= 4 is 0 Å². The van der Waals surface area contributed by atoms with Crippen molar-refractivity contribution in [3.05, 3.63) is 65.7 Å². The zero-order chi connectivity index (χ0) is 18.5. The standard InChI is InChI=1S/C23H26F2O/c1-3-5-16-6-8-17(9-7-16)18-10-12-20(21(24)14-18)19-11-13-23(26-4-2)22(25)15-19/h3,5,10-17H,4,6-9H2,1-2H3/b5-3+. The molecule has 0 spiro atoms. The van der Waals surface area contributed by atoms with Crippen LogP contribution in [-0.4, -0.2) is 6.61 Å². The van der Waals surface area contributed by atoms with E-state index in [0.29, 0.717) is 29.6 Å². The summed E-state index contributed by atoms with van der Waals surface area (Å²) in [6.45, 7) is 4.26. The molecule has 1 saturated carbocycles. The predicted octanol–water partition coefficient (Wildman–Crippen LogP) is 6.88. The van der Waals surface area contributed by atoms with Gasteiger partial charge < -0.3 is 4.74 Å². The molecule has 0 aromatic heterocycles. The minimum absolute atomic E-state index is 0.200. The normalized spacial score (nSPS) is 20.5. The highest BCUT2D eigenvalue weighted by molar-refractivity contribution is 5.65. The van der Waals surface area contributed by atoms with Gasteiger partial charge in [0.25, 0.3) is 0 Å². The molecule has 0 atom stereocenters. The van der Waals surface area contributed by atoms with E-state index >= 15 is 0 Å². The Labute approximate surface area is 154 Å². The van der Waals surface area contributed by atoms with E-state index in [1.54, 1.807) is 31.2 Å². The third-order valence-electron chi connectivity index (χ3n) is 5.24. The molecule has 0 N–H and O–H groups in total. The summed E-state index contributed by atoms with van der Waals surface area (Å²) in [5, 5.41) is 0. The Morgan fingerprint density at radius 1 is 1.00 bits per heavy atom. The lowest BCUT2D eigenvalue weighted by molar-refractivity contribution is 0.321. The van der Waals surface area contributed by atoms with Gasteiger partial charge in [0.1, 0.15) is 5.82 Å². The molecular weight excluding hydrogens is 330 g/mol. The Morgan fingerprint density at radius 2 is 1.77 bits per heavy atom. The van der Waals surface area contributed by atoms with Gasteiger partial charge in [-0.3, -0.25) is 0 Å². The van der Waals surface area contributed by atoms with Crippen molar-refractivity contribution in [2.75, 3.05) is 6.61 Å². The Bertz CT molecular complexity index is 774. The van der Waals surface area contributed by atoms with Crippen molar-refractivity contribution in [3.8, 4) is 16.9 Å². The van der Waals surface area contributed by atoms with Gasteiger partial charge in [0.15, 0.2) is 11.6 Å². The summed E-state index contributed by atoms with van der Waals surface area (Å²) in [6.07, 6.45) is 8.89. The van der Waals surface area contributed by atoms with Crippen molar-refractivity contribution < 1.29 is 13.5 Å². The van der Waals surface area contributed by atoms with Gasteiger partial charge >= 0.3 is 0 Å². The number of benzene rings is 2. The van der Waals surface area contributed by atoms with Gasteiger partial charge in [-0.05, 0) is 80.7 Å². The van der Waals surface area contributed by atoms with Crippen molar-refractivity contribution in [2.24, 2.45) is 5.92 Å². The first-order valence-corrected chi connectivity index (χ1v) is 9.47. The molecule has 3 heteroatoms. The van der Waals surface area contributed by atoms with Crippen LogP contribution in [0.25, 0.3) is 11.1 Å². The first-order chi connectivity index (χ1) is 12.6. The highest BCUT2D eigenvalue weighted by Crippen LogP contribution is 2.38. The van der Waals surface area contributed by atoms with Gasteiger partial charge in [0, 0.05) is 5.56 Å². The van der Waals surface area contributed by atoms with Gasteiger partial charge in [0.2, 0.25) is 0 Å². The maximum atomic E-state index is 14.7. The maximum absolute atomic E-state index is 14.7. The largest absolute Gasteiger partial charge is 0.491 e. The fraction of sp³-hybridized carbons (Fsp3) is 0.391. The lowest BCUT2D eigenvalue weighted by atomic mass is 9.78. The summed E-state index contributed by atoms with van der Waals surface area (Å²) in [5.41, 5.74) is 2.02. The van der Waals surface area contributed by atoms with Crippen LogP contribution in [0.5, 0.6) is 5.75 Å². The van der Waals surface area contributed by atoms with Crippen LogP contribution in [0.2, 0.25) is 0 Å². The second-order valence-electron chi connectivity index (χ2n) is 6.95. The van der Waals surface area contributed by atoms with Gasteiger partial charge in [-0.2, -0.15) is 0 Å². The molecule has 0 bridgehead atoms. The van der Waals surface area contributed by atoms with E-state index < -0.39 is 5.82 Å². The third-order valence-corrected chi connectivity index (χ3v) is 5.24. The Balaban J connectivity index is 1.77. The molecule has 0 unspecified atom stereocenters. The Hall–Kier alpha value is -2.16. The van der Waals surface area contributed by atoms with Crippen LogP contribution in [0, 0.1) is 17.6 Å². The summed E-state index contributed by atoms with van der Waals surface area (Å²) in [5.74, 6) is 0.521. The molecular formula is C23H26F2O. The first-order valence-electron chi connectivity index (χ1n) is 9.47. The van der Waals surface area contributed by atoms with Gasteiger partial charge in [0.05, 0.1) is 6.61 Å². The second-order valence-corrected chi connectivity index (χ2v) is 6.95. The highest BCUT2D eigenvalue weighted by atomic mass is 19.1. The van der Waals surface area contributed by atoms with Crippen LogP contribution >= 0.6 is 0 Å². The molecule has 138 valence electrons. The topological polar surface area (TPSA) is 9.23 Å². The van der Waals surface area contributed by atoms with Crippen molar-refractivity contribution in [1.29, 1.82) is 0 Å². The van der Waals surface area contributed by atoms with Gasteiger partial charge in [-0.25, -0.2) is 8.78 Å². The molecule has 1 fully saturated rings. The van der Waals surface area contributed by atoms with E-state index in [1.807, 2.05) is 6.07 Å². The van der Waals surface area contributed by atoms with Crippen LogP contribution in [0.4, 0.5) is 8.78 Å². The highest BCUT2D eigenvalue weighted by Gasteiger charge is 2.22. The van der Waals surface area contributed by atoms with E-state index in [-0.39, 0.29) is 11.6 Å². The molecule has 26 heavy (non-hydrogen) atoms. The Morgan fingerprint density at radius 3 is 2.38 bits per heavy atom. The lowest BCUT2D eigenvalue weighted by Gasteiger charge is -2.27. The molecule has 1 aliphatic rings. The predicted molar refractivity (Wildman–Crippen MR) is 102 cm³/mol. The van der Waals surface area contributed by atoms with Crippen LogP contribution in [0.3, 0.4) is 0 Å². The molecule has 0 radical (unpaired) electrons. The van der Waals surface area contributed by atoms with E-state index in [0.717, 1.165) is 31.2 Å². The molecule has 0 aliphatic heterocycles. The number of rotatable bonds is 5. The molecule has 1 nitrogen and oxygen atoms in total. The summed E-state index contributed by atoms with van der Waals surface area (Å²) in [7, 11) is 0. The minimum atomic E-state index is -0.463. The fourth-order valence-corrected chi connectivity index (χ4v) is 3.88. The molecule has 0 heterocycles. The quantitative estimate of drug-likeness (QED) is 0.531. The van der Waals surface area contributed by atoms with Crippen molar-refractivity contribution in [2.45, 2.75) is 45.4 Å². The molecule has 3 rings (SSSR count). The fourth-order valence-electron chi connectivity index (χ4n) is 3.88. The zero-order valence-electron chi connectivity index (χ0n) is 15.5. The summed E-state index contributed by atoms with van der Waals surface area (Å²) in [4.78, 5) is 0. The average molecular weight is 356 g/mol. The number of hydrogen-bond acceptors (Lipinski definition) is 1. The van der Waals surface area contributed by atoms with E-state index in [9.17, 15) is 8.78 Å². The lowest BCUT2D eigenvalue weighted by Crippen LogP contribution is -2.12. The van der Waals surface area contributed by atoms with E-state index in [4.69, 9.17) is 4.74 Å². The SMILES string of the molecule is C/C=C/C1CCC(c2ccc(-c3ccc(OCC)c(F)c3)c(F)c2)CC1. The maximum Gasteiger partial charge on any atom is 0.165 e. The van der Waals surface area contributed by atoms with E-state index in [2.05, 4.69) is 19.1 Å². The van der Waals surface area contributed by atoms with E-state index in [1.165, 1.54) is 6.07 Å². The molecule has 0 saturated heterocycles. The number of hydrogen-bond donors (Lipinski definition) is 0.